The summed E-state index contributed by atoms with van der Waals surface area (Å²) in [6, 6.07) is 0. The summed E-state index contributed by atoms with van der Waals surface area (Å²) in [5.41, 5.74) is 0.462. The van der Waals surface area contributed by atoms with Crippen LogP contribution >= 0.6 is 36.8 Å². The van der Waals surface area contributed by atoms with Crippen molar-refractivity contribution in [1.82, 2.24) is 0 Å². The first kappa shape index (κ1) is 29.0. The lowest BCUT2D eigenvalue weighted by Crippen LogP contribution is -2.02. The van der Waals surface area contributed by atoms with E-state index in [4.69, 9.17) is 18.1 Å². The van der Waals surface area contributed by atoms with Crippen molar-refractivity contribution in [1.29, 1.82) is 0 Å². The Bertz CT molecular complexity index is 386. The highest BCUT2D eigenvalue weighted by Crippen LogP contribution is 2.57. The predicted molar refractivity (Wildman–Crippen MR) is 124 cm³/mol. The summed E-state index contributed by atoms with van der Waals surface area (Å²) in [7, 11) is -3.58. The van der Waals surface area contributed by atoms with Gasteiger partial charge in [0.05, 0.1) is 26.4 Å². The van der Waals surface area contributed by atoms with Gasteiger partial charge in [-0.2, -0.15) is 0 Å². The van der Waals surface area contributed by atoms with Crippen LogP contribution in [0.2, 0.25) is 0 Å². The molecule has 0 aromatic rings. The van der Waals surface area contributed by atoms with Crippen molar-refractivity contribution >= 4 is 36.8 Å². The zero-order chi connectivity index (χ0) is 21.1. The van der Waals surface area contributed by atoms with Gasteiger partial charge in [-0.05, 0) is 25.7 Å². The fourth-order valence-corrected chi connectivity index (χ4v) is 10.1. The molecule has 28 heavy (non-hydrogen) atoms. The fourth-order valence-electron chi connectivity index (χ4n) is 1.82. The first-order valence-corrected chi connectivity index (χ1v) is 16.4. The summed E-state index contributed by atoms with van der Waals surface area (Å²) in [5, 5.41) is 0. The van der Waals surface area contributed by atoms with Crippen LogP contribution in [-0.2, 0) is 27.2 Å². The Hall–Kier alpha value is 1.00. The third-order valence-corrected chi connectivity index (χ3v) is 11.9. The van der Waals surface area contributed by atoms with Crippen molar-refractivity contribution in [2.45, 2.75) is 79.1 Å². The Morgan fingerprint density at radius 1 is 0.536 bits per heavy atom. The van der Waals surface area contributed by atoms with Gasteiger partial charge < -0.3 is 18.1 Å². The fraction of sp³-hybridized carbons (Fsp3) is 1.00. The van der Waals surface area contributed by atoms with Gasteiger partial charge in [0.15, 0.2) is 0 Å². The lowest BCUT2D eigenvalue weighted by molar-refractivity contribution is 0.202. The predicted octanol–water partition coefficient (Wildman–Crippen LogP) is 7.94. The molecule has 0 saturated carbocycles. The lowest BCUT2D eigenvalue weighted by atomic mass is 10.4. The van der Waals surface area contributed by atoms with E-state index in [1.54, 1.807) is 0 Å². The molecule has 0 rings (SSSR count). The van der Waals surface area contributed by atoms with Crippen LogP contribution in [-0.4, -0.2) is 37.4 Å². The van der Waals surface area contributed by atoms with Crippen LogP contribution in [0.1, 0.15) is 79.1 Å². The van der Waals surface area contributed by atoms with Crippen LogP contribution in [0.4, 0.5) is 0 Å². The topological polar surface area (TPSA) is 71.1 Å². The molecule has 0 saturated heterocycles. The van der Waals surface area contributed by atoms with Crippen LogP contribution in [0.3, 0.4) is 0 Å². The largest absolute Gasteiger partial charge is 0.341 e. The summed E-state index contributed by atoms with van der Waals surface area (Å²) < 4.78 is 48.1. The highest BCUT2D eigenvalue weighted by atomic mass is 33.1. The molecule has 0 bridgehead atoms. The zero-order valence-corrected chi connectivity index (χ0v) is 21.5. The molecule has 6 nitrogen and oxygen atoms in total. The van der Waals surface area contributed by atoms with Gasteiger partial charge in [-0.1, -0.05) is 75.0 Å². The van der Waals surface area contributed by atoms with Gasteiger partial charge in [0.2, 0.25) is 0 Å². The molecule has 0 unspecified atom stereocenters. The smallest absolute Gasteiger partial charge is 0.308 e. The number of hydrogen-bond acceptors (Lipinski definition) is 8. The van der Waals surface area contributed by atoms with Crippen LogP contribution in [0.5, 0.6) is 0 Å². The summed E-state index contributed by atoms with van der Waals surface area (Å²) in [4.78, 5) is 0. The zero-order valence-electron chi connectivity index (χ0n) is 18.1. The molecular weight excluding hydrogens is 438 g/mol. The monoisotopic (exact) mass is 478 g/mol. The quantitative estimate of drug-likeness (QED) is 0.0935. The van der Waals surface area contributed by atoms with E-state index in [1.807, 2.05) is 0 Å². The Labute approximate surface area is 180 Å². The Morgan fingerprint density at radius 3 is 1.00 bits per heavy atom. The normalized spacial score (nSPS) is 12.6. The van der Waals surface area contributed by atoms with E-state index in [-0.39, 0.29) is 11.0 Å². The van der Waals surface area contributed by atoms with Crippen LogP contribution in [0.15, 0.2) is 0 Å². The number of rotatable bonds is 21. The van der Waals surface area contributed by atoms with E-state index in [1.165, 1.54) is 21.6 Å². The highest BCUT2D eigenvalue weighted by molar-refractivity contribution is 8.78. The molecule has 0 aliphatic heterocycles. The molecule has 0 fully saturated rings. The van der Waals surface area contributed by atoms with Crippen molar-refractivity contribution in [2.24, 2.45) is 0 Å². The maximum Gasteiger partial charge on any atom is 0.341 e. The highest BCUT2D eigenvalue weighted by Gasteiger charge is 2.28. The number of unbranched alkanes of at least 4 members (excludes halogenated alkanes) is 4. The van der Waals surface area contributed by atoms with Gasteiger partial charge in [-0.15, -0.1) is 0 Å². The second-order valence-electron chi connectivity index (χ2n) is 6.46. The third kappa shape index (κ3) is 15.8. The van der Waals surface area contributed by atoms with E-state index < -0.39 is 15.2 Å². The first-order chi connectivity index (χ1) is 13.4. The molecule has 170 valence electrons. The standard InChI is InChI=1S/C18H40O6P2S2/c1-5-9-13-21-25(19,22-14-10-6-2)17-27-28-18-26(20,23-15-11-7-3)24-16-12-8-4/h5-18H2,1-4H3. The van der Waals surface area contributed by atoms with Crippen LogP contribution in [0, 0.1) is 0 Å². The first-order valence-electron chi connectivity index (χ1n) is 10.5. The van der Waals surface area contributed by atoms with Crippen molar-refractivity contribution in [2.75, 3.05) is 37.4 Å². The molecule has 10 heteroatoms. The van der Waals surface area contributed by atoms with Crippen molar-refractivity contribution in [3.05, 3.63) is 0 Å². The van der Waals surface area contributed by atoms with Gasteiger partial charge in [-0.25, -0.2) is 0 Å². The SMILES string of the molecule is CCCCOP(=O)(CSSCP(=O)(OCCCC)OCCCC)OCCCC. The summed E-state index contributed by atoms with van der Waals surface area (Å²) in [6.07, 6.45) is 7.31. The van der Waals surface area contributed by atoms with Crippen molar-refractivity contribution in [3.63, 3.8) is 0 Å². The second kappa shape index (κ2) is 18.7. The summed E-state index contributed by atoms with van der Waals surface area (Å²) >= 11 is 0. The molecule has 0 aromatic carbocycles. The van der Waals surface area contributed by atoms with E-state index in [2.05, 4.69) is 27.7 Å². The molecule has 0 heterocycles. The van der Waals surface area contributed by atoms with Gasteiger partial charge in [0.1, 0.15) is 11.0 Å². The van der Waals surface area contributed by atoms with E-state index in [0.717, 1.165) is 51.4 Å². The molecule has 0 radical (unpaired) electrons. The van der Waals surface area contributed by atoms with Gasteiger partial charge in [0.25, 0.3) is 0 Å². The maximum absolute atomic E-state index is 12.9. The van der Waals surface area contributed by atoms with E-state index in [0.29, 0.717) is 26.4 Å². The molecule has 0 amide bonds. The third-order valence-electron chi connectivity index (χ3n) is 3.65. The molecule has 0 atom stereocenters. The number of hydrogen-bond donors (Lipinski definition) is 0. The Morgan fingerprint density at radius 2 is 0.786 bits per heavy atom. The second-order valence-corrected chi connectivity index (χ2v) is 13.9. The molecule has 0 spiro atoms. The van der Waals surface area contributed by atoms with Crippen LogP contribution < -0.4 is 0 Å². The minimum Gasteiger partial charge on any atom is -0.308 e. The van der Waals surface area contributed by atoms with Crippen molar-refractivity contribution in [3.8, 4) is 0 Å². The molecule has 0 aromatic heterocycles. The van der Waals surface area contributed by atoms with E-state index in [9.17, 15) is 9.13 Å². The minimum absolute atomic E-state index is 0.231. The lowest BCUT2D eigenvalue weighted by Gasteiger charge is -2.20. The van der Waals surface area contributed by atoms with Crippen LogP contribution in [0.25, 0.3) is 0 Å². The maximum atomic E-state index is 12.9. The van der Waals surface area contributed by atoms with Crippen molar-refractivity contribution < 1.29 is 27.2 Å². The summed E-state index contributed by atoms with van der Waals surface area (Å²) in [5.74, 6) is 0. The molecule has 0 aliphatic carbocycles. The van der Waals surface area contributed by atoms with Gasteiger partial charge >= 0.3 is 15.2 Å². The molecule has 0 aliphatic rings. The molecule has 0 N–H and O–H groups in total. The summed E-state index contributed by atoms with van der Waals surface area (Å²) in [6.45, 7) is 9.98. The minimum atomic E-state index is -3.14. The average Bonchev–Trinajstić information content (AvgIpc) is 2.66. The average molecular weight is 479 g/mol. The van der Waals surface area contributed by atoms with Gasteiger partial charge in [0, 0.05) is 0 Å². The Balaban J connectivity index is 4.52. The van der Waals surface area contributed by atoms with E-state index >= 15 is 0 Å². The van der Waals surface area contributed by atoms with Gasteiger partial charge in [-0.3, -0.25) is 9.13 Å². The molecular formula is C18H40O6P2S2. The Kier molecular flexibility index (Phi) is 19.4.